The van der Waals surface area contributed by atoms with Crippen molar-refractivity contribution in [2.75, 3.05) is 55.8 Å². The Hall–Kier alpha value is -5.78. The molecule has 3 N–H and O–H groups in total. The van der Waals surface area contributed by atoms with Gasteiger partial charge in [0.25, 0.3) is 21.6 Å². The Morgan fingerprint density at radius 3 is 2.45 bits per heavy atom. The molecule has 0 bridgehead atoms. The largest absolute Gasteiger partial charge is 0.506 e. The minimum Gasteiger partial charge on any atom is -0.506 e. The van der Waals surface area contributed by atoms with Crippen LogP contribution in [0.2, 0.25) is 0 Å². The molecule has 15 nitrogen and oxygen atoms in total. The molecule has 5 aromatic rings. The van der Waals surface area contributed by atoms with Gasteiger partial charge in [-0.1, -0.05) is 30.3 Å². The zero-order valence-corrected chi connectivity index (χ0v) is 30.2. The Balaban J connectivity index is 1.02. The van der Waals surface area contributed by atoms with Crippen molar-refractivity contribution in [1.82, 2.24) is 24.8 Å². The number of carbonyl (C=O) groups excluding carboxylic acids is 1. The van der Waals surface area contributed by atoms with Gasteiger partial charge in [-0.15, -0.1) is 22.0 Å². The van der Waals surface area contributed by atoms with Gasteiger partial charge in [-0.2, -0.15) is 0 Å². The molecule has 0 aliphatic carbocycles. The zero-order chi connectivity index (χ0) is 37.4. The van der Waals surface area contributed by atoms with Gasteiger partial charge in [0.15, 0.2) is 11.5 Å². The number of hydrogen-bond acceptors (Lipinski definition) is 14. The summed E-state index contributed by atoms with van der Waals surface area (Å²) in [5.41, 5.74) is 2.17. The molecule has 1 amide bonds. The highest BCUT2D eigenvalue weighted by Gasteiger charge is 2.25. The number of sulfonamides is 1. The van der Waals surface area contributed by atoms with Crippen LogP contribution in [0, 0.1) is 10.1 Å². The van der Waals surface area contributed by atoms with Crippen LogP contribution in [0.1, 0.15) is 16.1 Å². The second-order valence-electron chi connectivity index (χ2n) is 12.0. The predicted molar refractivity (Wildman–Crippen MR) is 201 cm³/mol. The number of hydrogen-bond donors (Lipinski definition) is 3. The Bertz CT molecular complexity index is 2180. The molecule has 6 rings (SSSR count). The van der Waals surface area contributed by atoms with E-state index in [4.69, 9.17) is 4.74 Å². The third kappa shape index (κ3) is 9.37. The first-order valence-corrected chi connectivity index (χ1v) is 19.0. The monoisotopic (exact) mass is 756 g/mol. The van der Waals surface area contributed by atoms with Crippen LogP contribution in [0.3, 0.4) is 0 Å². The van der Waals surface area contributed by atoms with Gasteiger partial charge in [0, 0.05) is 73.3 Å². The fourth-order valence-corrected chi connectivity index (χ4v) is 7.48. The van der Waals surface area contributed by atoms with Crippen LogP contribution >= 0.6 is 11.8 Å². The molecule has 0 saturated carbocycles. The quantitative estimate of drug-likeness (QED) is 0.0605. The minimum atomic E-state index is -4.47. The third-order valence-electron chi connectivity index (χ3n) is 8.45. The van der Waals surface area contributed by atoms with Gasteiger partial charge >= 0.3 is 0 Å². The third-order valence-corrected chi connectivity index (χ3v) is 10.8. The molecule has 2 aromatic heterocycles. The number of benzene rings is 3. The number of nitro groups is 1. The molecule has 53 heavy (non-hydrogen) atoms. The summed E-state index contributed by atoms with van der Waals surface area (Å²) < 4.78 is 33.7. The topological polar surface area (TPSA) is 193 Å². The summed E-state index contributed by atoms with van der Waals surface area (Å²) in [5, 5.41) is 32.7. The number of aromatic hydroxyl groups is 1. The van der Waals surface area contributed by atoms with Crippen LogP contribution in [0.15, 0.2) is 107 Å². The van der Waals surface area contributed by atoms with Crippen molar-refractivity contribution < 1.29 is 28.0 Å². The van der Waals surface area contributed by atoms with Crippen molar-refractivity contribution in [1.29, 1.82) is 0 Å². The molecule has 1 fully saturated rings. The molecular weight excluding hydrogens is 721 g/mol. The van der Waals surface area contributed by atoms with Gasteiger partial charge in [0.05, 0.1) is 23.1 Å². The first-order chi connectivity index (χ1) is 25.6. The summed E-state index contributed by atoms with van der Waals surface area (Å²) in [4.78, 5) is 33.0. The molecule has 0 spiro atoms. The van der Waals surface area contributed by atoms with Crippen molar-refractivity contribution >= 4 is 44.9 Å². The van der Waals surface area contributed by atoms with Crippen molar-refractivity contribution in [2.24, 2.45) is 0 Å². The van der Waals surface area contributed by atoms with Crippen LogP contribution in [0.25, 0.3) is 11.1 Å². The van der Waals surface area contributed by atoms with E-state index in [0.29, 0.717) is 37.7 Å². The number of nitro benzene ring substituents is 1. The maximum absolute atomic E-state index is 13.1. The van der Waals surface area contributed by atoms with Crippen molar-refractivity contribution in [3.63, 3.8) is 0 Å². The average molecular weight is 757 g/mol. The van der Waals surface area contributed by atoms with Crippen molar-refractivity contribution in [3.05, 3.63) is 119 Å². The van der Waals surface area contributed by atoms with Crippen molar-refractivity contribution in [2.45, 2.75) is 16.3 Å². The maximum atomic E-state index is 13.1. The predicted octanol–water partition coefficient (Wildman–Crippen LogP) is 4.81. The highest BCUT2D eigenvalue weighted by Crippen LogP contribution is 2.30. The van der Waals surface area contributed by atoms with E-state index in [1.807, 2.05) is 58.2 Å². The number of methoxy groups -OCH3 is 1. The van der Waals surface area contributed by atoms with E-state index in [9.17, 15) is 28.4 Å². The smallest absolute Gasteiger partial charge is 0.293 e. The van der Waals surface area contributed by atoms with Crippen LogP contribution in [-0.2, 0) is 16.6 Å². The molecule has 3 aromatic carbocycles. The van der Waals surface area contributed by atoms with E-state index in [1.54, 1.807) is 37.2 Å². The number of nitrogens with zero attached hydrogens (tertiary/aromatic N) is 6. The second kappa shape index (κ2) is 16.7. The normalized spacial score (nSPS) is 13.3. The summed E-state index contributed by atoms with van der Waals surface area (Å²) in [5.74, 6) is 0.959. The summed E-state index contributed by atoms with van der Waals surface area (Å²) in [6, 6.07) is 23.6. The second-order valence-corrected chi connectivity index (χ2v) is 14.8. The van der Waals surface area contributed by atoms with Crippen LogP contribution in [0.5, 0.6) is 11.5 Å². The number of anilines is 2. The Morgan fingerprint density at radius 1 is 0.962 bits per heavy atom. The van der Waals surface area contributed by atoms with Gasteiger partial charge in [-0.3, -0.25) is 24.8 Å². The van der Waals surface area contributed by atoms with E-state index < -0.39 is 31.4 Å². The van der Waals surface area contributed by atoms with Crippen molar-refractivity contribution in [3.8, 4) is 22.6 Å². The first-order valence-electron chi connectivity index (χ1n) is 16.5. The Kier molecular flexibility index (Phi) is 11.7. The van der Waals surface area contributed by atoms with Gasteiger partial charge < -0.3 is 20.1 Å². The molecule has 1 aliphatic heterocycles. The SMILES string of the molecule is COc1cc(-c2cncc(O)c2)ccc1CN1CCN(c2ccc(C(=O)NS(=O)(=O)c3ccc(NCCSc4ccccc4)c([N+](=O)[O-])c3)nn2)CC1. The number of aromatic nitrogens is 3. The standard InChI is InChI=1S/C36H36N8O7S2/c1-51-34-20-25(27-19-28(45)23-37-22-27)7-8-26(34)24-42-14-16-43(17-15-42)35-12-11-32(39-40-35)36(46)41-53(49,50)30-9-10-31(33(21-30)44(47)48)38-13-18-52-29-5-3-2-4-6-29/h2-12,19-23,38,45H,13-18,24H2,1H3,(H,41,46). The number of pyridine rings is 1. The molecule has 1 saturated heterocycles. The summed E-state index contributed by atoms with van der Waals surface area (Å²) in [6.45, 7) is 3.77. The number of nitrogens with one attached hydrogen (secondary N) is 2. The Morgan fingerprint density at radius 2 is 1.75 bits per heavy atom. The summed E-state index contributed by atoms with van der Waals surface area (Å²) in [7, 11) is -2.85. The number of carbonyl (C=O) groups is 1. The van der Waals surface area contributed by atoms with E-state index in [2.05, 4.69) is 25.4 Å². The fourth-order valence-electron chi connectivity index (χ4n) is 5.72. The van der Waals surface area contributed by atoms with Crippen LogP contribution in [0.4, 0.5) is 17.2 Å². The number of piperazine rings is 1. The fraction of sp³-hybridized carbons (Fsp3) is 0.222. The molecule has 1 aliphatic rings. The Labute approximate surface area is 310 Å². The lowest BCUT2D eigenvalue weighted by Crippen LogP contribution is -2.46. The van der Waals surface area contributed by atoms with E-state index in [0.717, 1.165) is 46.5 Å². The molecule has 0 atom stereocenters. The number of ether oxygens (including phenoxy) is 1. The highest BCUT2D eigenvalue weighted by atomic mass is 32.2. The van der Waals surface area contributed by atoms with Gasteiger partial charge in [-0.05, 0) is 54.1 Å². The zero-order valence-electron chi connectivity index (χ0n) is 28.6. The molecule has 0 unspecified atom stereocenters. The lowest BCUT2D eigenvalue weighted by atomic mass is 10.0. The molecule has 0 radical (unpaired) electrons. The van der Waals surface area contributed by atoms with E-state index in [-0.39, 0.29) is 17.1 Å². The molecule has 274 valence electrons. The van der Waals surface area contributed by atoms with Gasteiger partial charge in [-0.25, -0.2) is 13.1 Å². The molecule has 17 heteroatoms. The van der Waals surface area contributed by atoms with E-state index >= 15 is 0 Å². The lowest BCUT2D eigenvalue weighted by Gasteiger charge is -2.35. The number of amides is 1. The van der Waals surface area contributed by atoms with Gasteiger partial charge in [0.1, 0.15) is 17.2 Å². The molecule has 3 heterocycles. The lowest BCUT2D eigenvalue weighted by molar-refractivity contribution is -0.384. The number of thioether (sulfide) groups is 1. The minimum absolute atomic E-state index is 0.0875. The first kappa shape index (κ1) is 37.0. The average Bonchev–Trinajstić information content (AvgIpc) is 3.17. The molecular formula is C36H36N8O7S2. The number of rotatable bonds is 14. The maximum Gasteiger partial charge on any atom is 0.293 e. The van der Waals surface area contributed by atoms with E-state index in [1.165, 1.54) is 24.4 Å². The summed E-state index contributed by atoms with van der Waals surface area (Å²) in [6.07, 6.45) is 3.06. The van der Waals surface area contributed by atoms with Crippen LogP contribution in [-0.4, -0.2) is 90.0 Å². The highest BCUT2D eigenvalue weighted by molar-refractivity contribution is 7.99. The summed E-state index contributed by atoms with van der Waals surface area (Å²) >= 11 is 1.57. The van der Waals surface area contributed by atoms with Crippen LogP contribution < -0.4 is 19.7 Å². The van der Waals surface area contributed by atoms with Gasteiger partial charge in [0.2, 0.25) is 0 Å².